The van der Waals surface area contributed by atoms with E-state index in [9.17, 15) is 0 Å². The molecule has 0 unspecified atom stereocenters. The van der Waals surface area contributed by atoms with Crippen molar-refractivity contribution in [2.24, 2.45) is 0 Å². The summed E-state index contributed by atoms with van der Waals surface area (Å²) in [5.74, 6) is 0. The van der Waals surface area contributed by atoms with Crippen LogP contribution < -0.4 is 4.40 Å². The Hall–Kier alpha value is -1.45. The van der Waals surface area contributed by atoms with Gasteiger partial charge in [-0.3, -0.25) is 0 Å². The number of benzene rings is 2. The van der Waals surface area contributed by atoms with Crippen LogP contribution in [0.5, 0.6) is 0 Å². The van der Waals surface area contributed by atoms with Gasteiger partial charge in [0.15, 0.2) is 0 Å². The van der Waals surface area contributed by atoms with Crippen LogP contribution in [-0.4, -0.2) is 0 Å². The molecule has 4 aromatic rings. The van der Waals surface area contributed by atoms with Crippen molar-refractivity contribution in [1.29, 1.82) is 0 Å². The summed E-state index contributed by atoms with van der Waals surface area (Å²) in [5, 5.41) is 0. The van der Waals surface area contributed by atoms with E-state index in [1.807, 2.05) is 22.7 Å². The first-order valence-electron chi connectivity index (χ1n) is 5.14. The minimum absolute atomic E-state index is 1.32. The third-order valence-corrected chi connectivity index (χ3v) is 5.13. The number of hydrogen-bond donors (Lipinski definition) is 0. The monoisotopic (exact) mass is 242 g/mol. The predicted molar refractivity (Wildman–Crippen MR) is 70.4 cm³/mol. The van der Waals surface area contributed by atoms with Crippen molar-refractivity contribution in [3.05, 3.63) is 48.5 Å². The highest BCUT2D eigenvalue weighted by molar-refractivity contribution is 7.41. The summed E-state index contributed by atoms with van der Waals surface area (Å²) < 4.78 is 6.45. The third kappa shape index (κ3) is 1.02. The predicted octanol–water partition coefficient (Wildman–Crippen LogP) is 3.85. The van der Waals surface area contributed by atoms with E-state index < -0.39 is 0 Å². The summed E-state index contributed by atoms with van der Waals surface area (Å²) in [6.45, 7) is 0. The molecule has 0 aliphatic rings. The minimum atomic E-state index is 1.32. The number of fused-ring (bicyclic) bond motifs is 5. The lowest BCUT2D eigenvalue weighted by atomic mass is 10.3. The number of thiazole rings is 2. The topological polar surface area (TPSA) is 4.10 Å². The first-order chi connectivity index (χ1) is 7.93. The van der Waals surface area contributed by atoms with Crippen LogP contribution in [0.1, 0.15) is 0 Å². The Kier molecular flexibility index (Phi) is 1.64. The lowest BCUT2D eigenvalue weighted by molar-refractivity contribution is -0.442. The van der Waals surface area contributed by atoms with Crippen molar-refractivity contribution in [1.82, 2.24) is 0 Å². The van der Waals surface area contributed by atoms with Gasteiger partial charge in [0.05, 0.1) is 0 Å². The molecular weight excluding hydrogens is 234 g/mol. The quantitative estimate of drug-likeness (QED) is 0.412. The summed E-state index contributed by atoms with van der Waals surface area (Å²) >= 11 is 3.74. The Bertz CT molecular complexity index is 745. The van der Waals surface area contributed by atoms with Gasteiger partial charge in [0.25, 0.3) is 0 Å². The number of hydrogen-bond acceptors (Lipinski definition) is 2. The van der Waals surface area contributed by atoms with E-state index in [1.165, 1.54) is 24.6 Å². The number of rotatable bonds is 0. The van der Waals surface area contributed by atoms with Crippen LogP contribution in [0.4, 0.5) is 0 Å². The molecule has 2 aromatic carbocycles. The van der Waals surface area contributed by atoms with Crippen LogP contribution in [-0.2, 0) is 0 Å². The second-order valence-electron chi connectivity index (χ2n) is 3.74. The molecule has 0 saturated heterocycles. The molecule has 0 N–H and O–H groups in total. The van der Waals surface area contributed by atoms with Crippen LogP contribution >= 0.6 is 22.7 Å². The Morgan fingerprint density at radius 2 is 1.19 bits per heavy atom. The smallest absolute Gasteiger partial charge is 0.133 e. The molecular formula is C13H8NS2+. The number of nitrogens with zero attached hydrogens (tertiary/aromatic N) is 1. The zero-order chi connectivity index (χ0) is 10.5. The van der Waals surface area contributed by atoms with Crippen LogP contribution in [0.15, 0.2) is 48.5 Å². The van der Waals surface area contributed by atoms with Crippen molar-refractivity contribution in [2.45, 2.75) is 0 Å². The Morgan fingerprint density at radius 3 is 1.75 bits per heavy atom. The largest absolute Gasteiger partial charge is 0.327 e. The molecule has 0 radical (unpaired) electrons. The van der Waals surface area contributed by atoms with Crippen LogP contribution in [0.25, 0.3) is 24.6 Å². The normalized spacial score (nSPS) is 11.8. The maximum absolute atomic E-state index is 2.36. The number of aromatic nitrogens is 1. The zero-order valence-electron chi connectivity index (χ0n) is 8.38. The summed E-state index contributed by atoms with van der Waals surface area (Å²) in [6, 6.07) is 17.2. The molecule has 0 fully saturated rings. The lowest BCUT2D eigenvalue weighted by Gasteiger charge is -1.83. The van der Waals surface area contributed by atoms with Crippen molar-refractivity contribution >= 4 is 47.3 Å². The fraction of sp³-hybridized carbons (Fsp3) is 0. The Balaban J connectivity index is 2.38. The molecule has 2 heterocycles. The summed E-state index contributed by atoms with van der Waals surface area (Å²) in [5.41, 5.74) is 2.64. The van der Waals surface area contributed by atoms with Crippen molar-refractivity contribution < 1.29 is 4.40 Å². The third-order valence-electron chi connectivity index (χ3n) is 2.79. The van der Waals surface area contributed by atoms with Gasteiger partial charge in [-0.2, -0.15) is 0 Å². The molecule has 0 amide bonds. The summed E-state index contributed by atoms with van der Waals surface area (Å²) in [6.07, 6.45) is 0. The fourth-order valence-corrected chi connectivity index (χ4v) is 4.56. The molecule has 16 heavy (non-hydrogen) atoms. The van der Waals surface area contributed by atoms with Crippen LogP contribution in [0.3, 0.4) is 0 Å². The van der Waals surface area contributed by atoms with E-state index in [4.69, 9.17) is 0 Å². The van der Waals surface area contributed by atoms with Crippen molar-refractivity contribution in [3.8, 4) is 0 Å². The number of para-hydroxylation sites is 2. The fourth-order valence-electron chi connectivity index (χ4n) is 2.08. The van der Waals surface area contributed by atoms with Crippen molar-refractivity contribution in [2.75, 3.05) is 0 Å². The molecule has 0 aliphatic carbocycles. The first kappa shape index (κ1) is 8.67. The average molecular weight is 242 g/mol. The molecule has 3 heteroatoms. The van der Waals surface area contributed by atoms with E-state index >= 15 is 0 Å². The van der Waals surface area contributed by atoms with Gasteiger partial charge < -0.3 is 0 Å². The lowest BCUT2D eigenvalue weighted by Crippen LogP contribution is -2.15. The standard InChI is InChI=1S/C13H8NS2/c1-3-7-11-9(5-1)14-10-6-2-4-8-12(10)16-13(14)15-11/h1-8H/q+1. The van der Waals surface area contributed by atoms with Gasteiger partial charge in [0.1, 0.15) is 9.40 Å². The molecule has 76 valence electrons. The van der Waals surface area contributed by atoms with Gasteiger partial charge in [-0.05, 0) is 12.1 Å². The van der Waals surface area contributed by atoms with Gasteiger partial charge in [-0.1, -0.05) is 46.9 Å². The molecule has 0 spiro atoms. The van der Waals surface area contributed by atoms with E-state index in [0.29, 0.717) is 0 Å². The van der Waals surface area contributed by atoms with E-state index in [1.54, 1.807) is 0 Å². The van der Waals surface area contributed by atoms with Gasteiger partial charge in [0.2, 0.25) is 11.0 Å². The highest BCUT2D eigenvalue weighted by Crippen LogP contribution is 2.30. The second-order valence-corrected chi connectivity index (χ2v) is 6.06. The van der Waals surface area contributed by atoms with Gasteiger partial charge >= 0.3 is 4.14 Å². The summed E-state index contributed by atoms with van der Waals surface area (Å²) in [7, 11) is 0. The highest BCUT2D eigenvalue weighted by Gasteiger charge is 2.19. The maximum atomic E-state index is 2.36. The van der Waals surface area contributed by atoms with E-state index in [-0.39, 0.29) is 0 Å². The van der Waals surface area contributed by atoms with Gasteiger partial charge in [-0.25, -0.2) is 0 Å². The molecule has 2 aromatic heterocycles. The molecule has 0 aliphatic heterocycles. The van der Waals surface area contributed by atoms with Gasteiger partial charge in [-0.15, -0.1) is 4.40 Å². The summed E-state index contributed by atoms with van der Waals surface area (Å²) in [4.78, 5) is 0. The highest BCUT2D eigenvalue weighted by atomic mass is 32.2. The van der Waals surface area contributed by atoms with E-state index in [2.05, 4.69) is 52.9 Å². The Morgan fingerprint density at radius 1 is 0.688 bits per heavy atom. The minimum Gasteiger partial charge on any atom is -0.133 e. The average Bonchev–Trinajstić information content (AvgIpc) is 2.83. The van der Waals surface area contributed by atoms with Crippen LogP contribution in [0.2, 0.25) is 0 Å². The van der Waals surface area contributed by atoms with Gasteiger partial charge in [0, 0.05) is 12.1 Å². The Labute approximate surface area is 100 Å². The molecule has 1 nitrogen and oxygen atoms in total. The first-order valence-corrected chi connectivity index (χ1v) is 6.78. The zero-order valence-corrected chi connectivity index (χ0v) is 10.0. The molecule has 0 saturated carbocycles. The van der Waals surface area contributed by atoms with E-state index in [0.717, 1.165) is 0 Å². The second kappa shape index (κ2) is 3.03. The van der Waals surface area contributed by atoms with Crippen molar-refractivity contribution in [3.63, 3.8) is 0 Å². The molecule has 4 rings (SSSR count). The molecule has 0 bridgehead atoms. The molecule has 0 atom stereocenters. The van der Waals surface area contributed by atoms with Crippen LogP contribution in [0, 0.1) is 0 Å². The maximum Gasteiger partial charge on any atom is 0.327 e. The SMILES string of the molecule is c1ccc2c(c1)sc1sc3ccccc3[n+]12.